The molecule has 6 rings (SSSR count). The second-order valence-corrected chi connectivity index (χ2v) is 17.5. The van der Waals surface area contributed by atoms with Gasteiger partial charge < -0.3 is 42.4 Å². The van der Waals surface area contributed by atoms with E-state index in [2.05, 4.69) is 10.0 Å². The molecule has 0 saturated carbocycles. The first-order valence-electron chi connectivity index (χ1n) is 21.9. The van der Waals surface area contributed by atoms with Gasteiger partial charge in [-0.1, -0.05) is 157 Å². The average molecular weight is 910 g/mol. The summed E-state index contributed by atoms with van der Waals surface area (Å²) in [5.74, 6) is 0. The summed E-state index contributed by atoms with van der Waals surface area (Å²) in [5, 5.41) is 3.47. The van der Waals surface area contributed by atoms with E-state index in [4.69, 9.17) is 52.5 Å². The summed E-state index contributed by atoms with van der Waals surface area (Å²) in [6.07, 6.45) is -5.40. The minimum atomic E-state index is -3.77. The number of rotatable bonds is 30. The van der Waals surface area contributed by atoms with Crippen LogP contribution >= 0.6 is 7.60 Å². The van der Waals surface area contributed by atoms with E-state index >= 15 is 0 Å². The van der Waals surface area contributed by atoms with Crippen LogP contribution in [0.15, 0.2) is 157 Å². The van der Waals surface area contributed by atoms with Crippen molar-refractivity contribution in [1.29, 1.82) is 0 Å². The molecule has 5 unspecified atom stereocenters. The molecule has 5 aromatic rings. The van der Waals surface area contributed by atoms with Crippen LogP contribution in [-0.4, -0.2) is 89.2 Å². The Bertz CT molecular complexity index is 2140. The molecule has 0 aliphatic carbocycles. The molecule has 1 aliphatic heterocycles. The van der Waals surface area contributed by atoms with E-state index < -0.39 is 50.5 Å². The molecule has 8 atom stereocenters. The highest BCUT2D eigenvalue weighted by atomic mass is 31.2. The number of hydrogen-bond acceptors (Lipinski definition) is 12. The van der Waals surface area contributed by atoms with E-state index in [9.17, 15) is 4.57 Å². The highest BCUT2D eigenvalue weighted by Crippen LogP contribution is 2.48. The van der Waals surface area contributed by atoms with Gasteiger partial charge in [-0.05, 0) is 40.3 Å². The van der Waals surface area contributed by atoms with E-state index in [-0.39, 0.29) is 52.8 Å². The van der Waals surface area contributed by atoms with Crippen molar-refractivity contribution in [3.63, 3.8) is 0 Å². The van der Waals surface area contributed by atoms with Gasteiger partial charge in [0.15, 0.2) is 6.29 Å². The summed E-state index contributed by atoms with van der Waals surface area (Å²) in [6, 6.07) is 49.3. The molecule has 1 saturated heterocycles. The maximum atomic E-state index is 14.1. The molecule has 346 valence electrons. The Hall–Kier alpha value is -4.76. The van der Waals surface area contributed by atoms with Gasteiger partial charge in [0.1, 0.15) is 30.5 Å². The van der Waals surface area contributed by atoms with Crippen molar-refractivity contribution in [2.45, 2.75) is 82.9 Å². The van der Waals surface area contributed by atoms with Crippen molar-refractivity contribution >= 4 is 7.60 Å². The molecule has 5 aromatic carbocycles. The van der Waals surface area contributed by atoms with Gasteiger partial charge in [-0.25, -0.2) is 0 Å². The lowest BCUT2D eigenvalue weighted by atomic mass is 10.1. The topological polar surface area (TPSA) is 158 Å². The Morgan fingerprint density at radius 3 is 1.68 bits per heavy atom. The molecule has 15 heteroatoms. The largest absolute Gasteiger partial charge is 0.379 e. The van der Waals surface area contributed by atoms with Crippen LogP contribution in [0.3, 0.4) is 0 Å². The van der Waals surface area contributed by atoms with Crippen molar-refractivity contribution in [2.75, 3.05) is 46.2 Å². The van der Waals surface area contributed by atoms with Gasteiger partial charge in [-0.2, -0.15) is 0 Å². The fraction of sp³-hybridized carbons (Fsp3) is 0.400. The van der Waals surface area contributed by atoms with Gasteiger partial charge >= 0.3 is 7.60 Å². The van der Waals surface area contributed by atoms with Gasteiger partial charge in [-0.15, -0.1) is 0 Å². The molecule has 1 heterocycles. The molecule has 65 heavy (non-hydrogen) atoms. The number of nitrogens with zero attached hydrogens (tertiary/aromatic N) is 3. The third-order valence-electron chi connectivity index (χ3n) is 10.4. The second kappa shape index (κ2) is 27.7. The molecule has 1 fully saturated rings. The second-order valence-electron chi connectivity index (χ2n) is 15.5. The van der Waals surface area contributed by atoms with E-state index in [1.165, 1.54) is 6.66 Å². The first kappa shape index (κ1) is 49.7. The lowest BCUT2D eigenvalue weighted by Crippen LogP contribution is -2.45. The Balaban J connectivity index is 1.25. The van der Waals surface area contributed by atoms with Crippen LogP contribution in [0.5, 0.6) is 0 Å². The molecule has 0 bridgehead atoms. The Morgan fingerprint density at radius 2 is 1.12 bits per heavy atom. The average Bonchev–Trinajstić information content (AvgIpc) is 3.66. The molecule has 14 nitrogen and oxygen atoms in total. The predicted octanol–water partition coefficient (Wildman–Crippen LogP) is 9.86. The SMILES string of the molecule is CC(OCc1ccccc1)C(OCc1ccccc1)C(CO[C@@H]1O[C@H](COCc2ccccc2)[C@H](OP(C)(=O)OCCOCCN=[N+]=[N-])C1OCc1ccccc1)OCc1ccccc1. The summed E-state index contributed by atoms with van der Waals surface area (Å²) >= 11 is 0. The summed E-state index contributed by atoms with van der Waals surface area (Å²) < 4.78 is 77.9. The minimum Gasteiger partial charge on any atom is -0.379 e. The molecule has 0 radical (unpaired) electrons. The van der Waals surface area contributed by atoms with Gasteiger partial charge in [0.05, 0.1) is 72.2 Å². The molecule has 0 aromatic heterocycles. The predicted molar refractivity (Wildman–Crippen MR) is 246 cm³/mol. The van der Waals surface area contributed by atoms with Crippen LogP contribution in [0.4, 0.5) is 0 Å². The third kappa shape index (κ3) is 17.5. The highest BCUT2D eigenvalue weighted by Gasteiger charge is 2.50. The molecule has 0 spiro atoms. The standard InChI is InChI=1S/C50H60N3O11P/c1-39(57-33-41-20-10-4-11-21-41)47(59-35-43-24-14-6-15-25-43)45(58-34-42-22-12-5-13-23-42)38-61-50-49(60-36-44-26-16-7-17-27-44)48(46(63-50)37-56-32-40-18-8-3-9-19-40)64-65(2,54)62-31-30-55-29-28-52-53-51/h3-27,39,45-50H,28-38H2,1-2H3/t39?,45?,46-,47?,48+,49?,50-,65?/m1/s1. The first-order valence-corrected chi connectivity index (χ1v) is 23.9. The minimum absolute atomic E-state index is 0.00102. The van der Waals surface area contributed by atoms with Crippen LogP contribution in [0.25, 0.3) is 10.4 Å². The van der Waals surface area contributed by atoms with Crippen LogP contribution in [0.2, 0.25) is 0 Å². The zero-order chi connectivity index (χ0) is 45.4. The monoisotopic (exact) mass is 909 g/mol. The highest BCUT2D eigenvalue weighted by molar-refractivity contribution is 7.53. The van der Waals surface area contributed by atoms with Crippen molar-refractivity contribution in [1.82, 2.24) is 0 Å². The smallest absolute Gasteiger partial charge is 0.328 e. The maximum absolute atomic E-state index is 14.1. The Labute approximate surface area is 382 Å². The molecule has 1 aliphatic rings. The van der Waals surface area contributed by atoms with Gasteiger partial charge in [0.2, 0.25) is 0 Å². The molecule has 0 N–H and O–H groups in total. The van der Waals surface area contributed by atoms with Gasteiger partial charge in [0.25, 0.3) is 0 Å². The lowest BCUT2D eigenvalue weighted by molar-refractivity contribution is -0.219. The molecule has 0 amide bonds. The van der Waals surface area contributed by atoms with E-state index in [0.717, 1.165) is 27.8 Å². The van der Waals surface area contributed by atoms with Crippen LogP contribution in [0, 0.1) is 0 Å². The maximum Gasteiger partial charge on any atom is 0.328 e. The molecular weight excluding hydrogens is 850 g/mol. The number of azide groups is 1. The first-order chi connectivity index (χ1) is 31.9. The fourth-order valence-electron chi connectivity index (χ4n) is 7.08. The zero-order valence-electron chi connectivity index (χ0n) is 37.0. The normalized spacial score (nSPS) is 19.5. The summed E-state index contributed by atoms with van der Waals surface area (Å²) in [6.45, 7) is 5.31. The lowest BCUT2D eigenvalue weighted by Gasteiger charge is -2.33. The number of ether oxygens (including phenoxy) is 8. The summed E-state index contributed by atoms with van der Waals surface area (Å²) in [7, 11) is -3.77. The van der Waals surface area contributed by atoms with E-state index in [1.54, 1.807) is 0 Å². The van der Waals surface area contributed by atoms with E-state index in [0.29, 0.717) is 19.8 Å². The fourth-order valence-corrected chi connectivity index (χ4v) is 8.24. The zero-order valence-corrected chi connectivity index (χ0v) is 37.9. The van der Waals surface area contributed by atoms with Crippen molar-refractivity contribution in [3.8, 4) is 0 Å². The van der Waals surface area contributed by atoms with Gasteiger partial charge in [0, 0.05) is 18.1 Å². The molecular formula is C50H60N3O11P. The Kier molecular flexibility index (Phi) is 21.1. The van der Waals surface area contributed by atoms with Crippen molar-refractivity contribution in [3.05, 3.63) is 190 Å². The van der Waals surface area contributed by atoms with Crippen LogP contribution in [-0.2, 0) is 84.5 Å². The Morgan fingerprint density at radius 1 is 0.615 bits per heavy atom. The van der Waals surface area contributed by atoms with Crippen LogP contribution in [0.1, 0.15) is 34.7 Å². The number of hydrogen-bond donors (Lipinski definition) is 0. The summed E-state index contributed by atoms with van der Waals surface area (Å²) in [5.41, 5.74) is 13.4. The summed E-state index contributed by atoms with van der Waals surface area (Å²) in [4.78, 5) is 2.73. The number of benzene rings is 5. The quantitative estimate of drug-likeness (QED) is 0.0142. The van der Waals surface area contributed by atoms with Crippen LogP contribution < -0.4 is 0 Å². The van der Waals surface area contributed by atoms with E-state index in [1.807, 2.05) is 159 Å². The van der Waals surface area contributed by atoms with Crippen molar-refractivity contribution in [2.24, 2.45) is 5.11 Å². The van der Waals surface area contributed by atoms with Crippen molar-refractivity contribution < 1.29 is 51.5 Å². The van der Waals surface area contributed by atoms with Gasteiger partial charge in [-0.3, -0.25) is 9.09 Å². The third-order valence-corrected chi connectivity index (χ3v) is 11.7.